The summed E-state index contributed by atoms with van der Waals surface area (Å²) in [4.78, 5) is 13.0. The molecular weight excluding hydrogens is 543 g/mol. The molecule has 1 aliphatic heterocycles. The van der Waals surface area contributed by atoms with Crippen molar-refractivity contribution in [2.24, 2.45) is 0 Å². The molecule has 1 N–H and O–H groups in total. The molecule has 1 aliphatic rings. The first-order valence-electron chi connectivity index (χ1n) is 12.1. The Morgan fingerprint density at radius 2 is 1.77 bits per heavy atom. The summed E-state index contributed by atoms with van der Waals surface area (Å²) in [6.45, 7) is 1.20. The summed E-state index contributed by atoms with van der Waals surface area (Å²) in [6.07, 6.45) is 0. The Balaban J connectivity index is 1.34. The highest BCUT2D eigenvalue weighted by Gasteiger charge is 2.27. The Labute approximate surface area is 229 Å². The maximum absolute atomic E-state index is 13.4. The van der Waals surface area contributed by atoms with E-state index >= 15 is 0 Å². The lowest BCUT2D eigenvalue weighted by atomic mass is 10.1. The van der Waals surface area contributed by atoms with Gasteiger partial charge in [-0.05, 0) is 42.5 Å². The molecule has 1 aromatic heterocycles. The Bertz CT molecular complexity index is 1610. The van der Waals surface area contributed by atoms with Crippen LogP contribution in [0.1, 0.15) is 0 Å². The highest BCUT2D eigenvalue weighted by Crippen LogP contribution is 2.33. The topological polar surface area (TPSA) is 111 Å². The zero-order chi connectivity index (χ0) is 27.4. The number of methoxy groups -OCH3 is 1. The van der Waals surface area contributed by atoms with E-state index in [2.05, 4.69) is 15.5 Å². The molecule has 0 unspecified atom stereocenters. The molecule has 0 radical (unpaired) electrons. The van der Waals surface area contributed by atoms with Crippen LogP contribution in [0.25, 0.3) is 22.0 Å². The van der Waals surface area contributed by atoms with Gasteiger partial charge in [-0.2, -0.15) is 4.31 Å². The number of nitrogens with zero attached hydrogens (tertiary/aromatic N) is 3. The number of ether oxygens (including phenoxy) is 2. The normalized spacial score (nSPS) is 14.3. The second-order valence-corrected chi connectivity index (χ2v) is 11.5. The minimum atomic E-state index is -3.75. The predicted molar refractivity (Wildman–Crippen MR) is 147 cm³/mol. The summed E-state index contributed by atoms with van der Waals surface area (Å²) >= 11 is 1.20. The van der Waals surface area contributed by atoms with Crippen molar-refractivity contribution >= 4 is 44.2 Å². The summed E-state index contributed by atoms with van der Waals surface area (Å²) in [5.74, 6) is -0.371. The zero-order valence-electron chi connectivity index (χ0n) is 21.0. The summed E-state index contributed by atoms with van der Waals surface area (Å²) in [5.41, 5.74) is 1.59. The van der Waals surface area contributed by atoms with E-state index in [-0.39, 0.29) is 41.1 Å². The van der Waals surface area contributed by atoms with Gasteiger partial charge in [-0.3, -0.25) is 4.79 Å². The van der Waals surface area contributed by atoms with Gasteiger partial charge < -0.3 is 14.8 Å². The monoisotopic (exact) mass is 568 g/mol. The molecular formula is C27H25FN4O5S2. The molecule has 3 aromatic carbocycles. The molecule has 5 rings (SSSR count). The number of aromatic nitrogens is 2. The summed E-state index contributed by atoms with van der Waals surface area (Å²) < 4.78 is 51.5. The Kier molecular flexibility index (Phi) is 8.07. The lowest BCUT2D eigenvalue weighted by Crippen LogP contribution is -2.40. The van der Waals surface area contributed by atoms with E-state index in [1.165, 1.54) is 53.5 Å². The van der Waals surface area contributed by atoms with Gasteiger partial charge in [0.05, 0.1) is 36.7 Å². The number of fused-ring (bicyclic) bond motifs is 1. The van der Waals surface area contributed by atoms with Crippen LogP contribution < -0.4 is 10.1 Å². The van der Waals surface area contributed by atoms with Crippen molar-refractivity contribution in [1.82, 2.24) is 14.5 Å². The lowest BCUT2D eigenvalue weighted by Gasteiger charge is -2.26. The smallest absolute Gasteiger partial charge is 0.243 e. The van der Waals surface area contributed by atoms with E-state index in [0.29, 0.717) is 29.7 Å². The molecule has 0 bridgehead atoms. The van der Waals surface area contributed by atoms with Crippen molar-refractivity contribution in [3.63, 3.8) is 0 Å². The largest absolute Gasteiger partial charge is 0.495 e. The van der Waals surface area contributed by atoms with Crippen LogP contribution in [0, 0.1) is 5.82 Å². The van der Waals surface area contributed by atoms with Gasteiger partial charge in [0.25, 0.3) is 0 Å². The Hall–Kier alpha value is -3.58. The van der Waals surface area contributed by atoms with Gasteiger partial charge in [-0.15, -0.1) is 10.2 Å². The summed E-state index contributed by atoms with van der Waals surface area (Å²) in [6, 6.07) is 17.9. The number of benzene rings is 3. The Morgan fingerprint density at radius 1 is 1.05 bits per heavy atom. The molecule has 1 fully saturated rings. The first-order chi connectivity index (χ1) is 18.9. The minimum Gasteiger partial charge on any atom is -0.495 e. The number of hydrogen-bond donors (Lipinski definition) is 1. The van der Waals surface area contributed by atoms with E-state index in [1.54, 1.807) is 12.1 Å². The third-order valence-corrected chi connectivity index (χ3v) is 9.04. The molecule has 9 nitrogen and oxygen atoms in total. The van der Waals surface area contributed by atoms with Crippen LogP contribution in [0.5, 0.6) is 5.75 Å². The number of hydrogen-bond acceptors (Lipinski definition) is 8. The molecule has 1 saturated heterocycles. The molecule has 0 aliphatic carbocycles. The standard InChI is InChI=1S/C27H25FN4O5S2/c1-36-24-11-10-20(39(34,35)32-12-14-37-15-13-32)16-23(24)29-25(33)17-38-27-22-5-3-2-4-21(22)26(30-31-27)18-6-8-19(28)9-7-18/h2-11,16H,12-15,17H2,1H3,(H,29,33). The van der Waals surface area contributed by atoms with Gasteiger partial charge >= 0.3 is 0 Å². The van der Waals surface area contributed by atoms with Crippen molar-refractivity contribution in [2.45, 2.75) is 9.92 Å². The minimum absolute atomic E-state index is 0.00182. The number of thioether (sulfide) groups is 1. The number of carbonyl (C=O) groups excluding carboxylic acids is 1. The second-order valence-electron chi connectivity index (χ2n) is 8.62. The van der Waals surface area contributed by atoms with Crippen molar-refractivity contribution < 1.29 is 27.1 Å². The van der Waals surface area contributed by atoms with E-state index in [9.17, 15) is 17.6 Å². The maximum atomic E-state index is 13.4. The lowest BCUT2D eigenvalue weighted by molar-refractivity contribution is -0.113. The highest BCUT2D eigenvalue weighted by molar-refractivity contribution is 8.00. The number of amides is 1. The van der Waals surface area contributed by atoms with Gasteiger partial charge in [0.15, 0.2) is 0 Å². The van der Waals surface area contributed by atoms with Crippen molar-refractivity contribution in [2.75, 3.05) is 44.5 Å². The van der Waals surface area contributed by atoms with Crippen LogP contribution in [0.15, 0.2) is 76.7 Å². The van der Waals surface area contributed by atoms with E-state index < -0.39 is 10.0 Å². The Morgan fingerprint density at radius 3 is 2.49 bits per heavy atom. The number of carbonyl (C=O) groups is 1. The van der Waals surface area contributed by atoms with Gasteiger partial charge in [-0.1, -0.05) is 36.0 Å². The number of halogens is 1. The first-order valence-corrected chi connectivity index (χ1v) is 14.5. The van der Waals surface area contributed by atoms with Crippen LogP contribution in [0.4, 0.5) is 10.1 Å². The third kappa shape index (κ3) is 5.88. The molecule has 39 heavy (non-hydrogen) atoms. The number of rotatable bonds is 8. The van der Waals surface area contributed by atoms with Gasteiger partial charge in [0, 0.05) is 29.4 Å². The van der Waals surface area contributed by atoms with E-state index in [1.807, 2.05) is 24.3 Å². The number of sulfonamides is 1. The van der Waals surface area contributed by atoms with Crippen molar-refractivity contribution in [3.05, 3.63) is 72.5 Å². The van der Waals surface area contributed by atoms with Crippen LogP contribution in [0.2, 0.25) is 0 Å². The summed E-state index contributed by atoms with van der Waals surface area (Å²) in [7, 11) is -2.31. The van der Waals surface area contributed by atoms with Gasteiger partial charge in [0.2, 0.25) is 15.9 Å². The maximum Gasteiger partial charge on any atom is 0.243 e. The molecule has 202 valence electrons. The van der Waals surface area contributed by atoms with Crippen molar-refractivity contribution in [1.29, 1.82) is 0 Å². The first kappa shape index (κ1) is 27.0. The van der Waals surface area contributed by atoms with Gasteiger partial charge in [-0.25, -0.2) is 12.8 Å². The molecule has 4 aromatic rings. The average molecular weight is 569 g/mol. The van der Waals surface area contributed by atoms with Gasteiger partial charge in [0.1, 0.15) is 22.3 Å². The molecule has 0 atom stereocenters. The summed E-state index contributed by atoms with van der Waals surface area (Å²) in [5, 5.41) is 13.6. The van der Waals surface area contributed by atoms with Crippen LogP contribution in [-0.4, -0.2) is 68.0 Å². The number of morpholine rings is 1. The van der Waals surface area contributed by atoms with Crippen LogP contribution in [0.3, 0.4) is 0 Å². The molecule has 2 heterocycles. The molecule has 12 heteroatoms. The van der Waals surface area contributed by atoms with E-state index in [4.69, 9.17) is 9.47 Å². The van der Waals surface area contributed by atoms with Crippen LogP contribution >= 0.6 is 11.8 Å². The van der Waals surface area contributed by atoms with Crippen LogP contribution in [-0.2, 0) is 19.6 Å². The molecule has 0 saturated carbocycles. The number of anilines is 1. The highest BCUT2D eigenvalue weighted by atomic mass is 32.2. The predicted octanol–water partition coefficient (Wildman–Crippen LogP) is 4.20. The SMILES string of the molecule is COc1ccc(S(=O)(=O)N2CCOCC2)cc1NC(=O)CSc1nnc(-c2ccc(F)cc2)c2ccccc12. The fourth-order valence-corrected chi connectivity index (χ4v) is 6.42. The average Bonchev–Trinajstić information content (AvgIpc) is 2.97. The van der Waals surface area contributed by atoms with Crippen molar-refractivity contribution in [3.8, 4) is 17.0 Å². The third-order valence-electron chi connectivity index (χ3n) is 6.16. The fraction of sp³-hybridized carbons (Fsp3) is 0.222. The zero-order valence-corrected chi connectivity index (χ0v) is 22.6. The fourth-order valence-electron chi connectivity index (χ4n) is 4.21. The number of nitrogens with one attached hydrogen (secondary N) is 1. The quantitative estimate of drug-likeness (QED) is 0.315. The van der Waals surface area contributed by atoms with E-state index in [0.717, 1.165) is 16.3 Å². The molecule has 1 amide bonds. The second kappa shape index (κ2) is 11.7. The molecule has 0 spiro atoms.